The lowest BCUT2D eigenvalue weighted by Gasteiger charge is -2.13. The average molecular weight is 222 g/mol. The number of carbonyl (C=O) groups excluding carboxylic acids is 1. The summed E-state index contributed by atoms with van der Waals surface area (Å²) in [6, 6.07) is 5.98. The Morgan fingerprint density at radius 1 is 1.38 bits per heavy atom. The Labute approximate surface area is 96.7 Å². The summed E-state index contributed by atoms with van der Waals surface area (Å²) in [5.41, 5.74) is 0.503. The van der Waals surface area contributed by atoms with E-state index in [2.05, 4.69) is 6.92 Å². The molecule has 0 aliphatic heterocycles. The van der Waals surface area contributed by atoms with Crippen molar-refractivity contribution in [3.05, 3.63) is 35.6 Å². The molecule has 88 valence electrons. The molecule has 0 bridgehead atoms. The predicted molar refractivity (Wildman–Crippen MR) is 64.0 cm³/mol. The Morgan fingerprint density at radius 2 is 2.12 bits per heavy atom. The van der Waals surface area contributed by atoms with Crippen molar-refractivity contribution < 1.29 is 9.18 Å². The standard InChI is InChI=1S/C14H19FO/c1-3-5-7-11(4-2)14(16)12-8-6-9-13(15)10-12/h6,8-11H,3-5,7H2,1-2H3. The maximum atomic E-state index is 13.0. The fourth-order valence-electron chi connectivity index (χ4n) is 1.85. The van der Waals surface area contributed by atoms with Gasteiger partial charge in [0.15, 0.2) is 5.78 Å². The number of benzene rings is 1. The SMILES string of the molecule is CCCCC(CC)C(=O)c1cccc(F)c1. The van der Waals surface area contributed by atoms with Crippen molar-refractivity contribution in [1.29, 1.82) is 0 Å². The first-order valence-electron chi connectivity index (χ1n) is 5.98. The lowest BCUT2D eigenvalue weighted by atomic mass is 9.91. The second-order valence-corrected chi connectivity index (χ2v) is 4.12. The monoisotopic (exact) mass is 222 g/mol. The van der Waals surface area contributed by atoms with Crippen molar-refractivity contribution in [2.45, 2.75) is 39.5 Å². The van der Waals surface area contributed by atoms with Gasteiger partial charge in [-0.2, -0.15) is 0 Å². The van der Waals surface area contributed by atoms with Crippen molar-refractivity contribution in [2.75, 3.05) is 0 Å². The Hall–Kier alpha value is -1.18. The highest BCUT2D eigenvalue weighted by Crippen LogP contribution is 2.19. The molecule has 0 spiro atoms. The first-order chi connectivity index (χ1) is 7.69. The number of unbranched alkanes of at least 4 members (excludes halogenated alkanes) is 1. The van der Waals surface area contributed by atoms with Gasteiger partial charge in [-0.1, -0.05) is 38.8 Å². The molecule has 0 saturated heterocycles. The Bertz CT molecular complexity index is 346. The molecule has 1 aromatic rings. The molecule has 0 radical (unpaired) electrons. The van der Waals surface area contributed by atoms with E-state index in [1.807, 2.05) is 6.92 Å². The van der Waals surface area contributed by atoms with Crippen LogP contribution in [-0.2, 0) is 0 Å². The van der Waals surface area contributed by atoms with Crippen molar-refractivity contribution in [3.8, 4) is 0 Å². The predicted octanol–water partition coefficient (Wildman–Crippen LogP) is 4.22. The molecular weight excluding hydrogens is 203 g/mol. The minimum atomic E-state index is -0.337. The quantitative estimate of drug-likeness (QED) is 0.658. The lowest BCUT2D eigenvalue weighted by Crippen LogP contribution is -2.14. The van der Waals surface area contributed by atoms with Crippen molar-refractivity contribution >= 4 is 5.78 Å². The fourth-order valence-corrected chi connectivity index (χ4v) is 1.85. The largest absolute Gasteiger partial charge is 0.294 e. The van der Waals surface area contributed by atoms with Crippen molar-refractivity contribution in [3.63, 3.8) is 0 Å². The van der Waals surface area contributed by atoms with Crippen LogP contribution in [0, 0.1) is 11.7 Å². The zero-order valence-corrected chi connectivity index (χ0v) is 10.0. The van der Waals surface area contributed by atoms with Gasteiger partial charge >= 0.3 is 0 Å². The molecule has 0 aliphatic rings. The molecule has 1 unspecified atom stereocenters. The van der Waals surface area contributed by atoms with E-state index in [1.54, 1.807) is 12.1 Å². The van der Waals surface area contributed by atoms with Crippen LogP contribution in [0.4, 0.5) is 4.39 Å². The van der Waals surface area contributed by atoms with Crippen LogP contribution in [0.3, 0.4) is 0 Å². The third-order valence-corrected chi connectivity index (χ3v) is 2.88. The lowest BCUT2D eigenvalue weighted by molar-refractivity contribution is 0.0907. The number of ketones is 1. The summed E-state index contributed by atoms with van der Waals surface area (Å²) in [7, 11) is 0. The van der Waals surface area contributed by atoms with Crippen LogP contribution in [-0.4, -0.2) is 5.78 Å². The van der Waals surface area contributed by atoms with Gasteiger partial charge in [0.25, 0.3) is 0 Å². The van der Waals surface area contributed by atoms with Gasteiger partial charge in [-0.3, -0.25) is 4.79 Å². The van der Waals surface area contributed by atoms with E-state index in [9.17, 15) is 9.18 Å². The topological polar surface area (TPSA) is 17.1 Å². The van der Waals surface area contributed by atoms with E-state index in [4.69, 9.17) is 0 Å². The Kier molecular flexibility index (Phi) is 5.17. The summed E-state index contributed by atoms with van der Waals surface area (Å²) >= 11 is 0. The first-order valence-corrected chi connectivity index (χ1v) is 5.98. The van der Waals surface area contributed by atoms with E-state index in [0.717, 1.165) is 25.7 Å². The van der Waals surface area contributed by atoms with Gasteiger partial charge in [-0.25, -0.2) is 4.39 Å². The molecule has 0 aliphatic carbocycles. The summed E-state index contributed by atoms with van der Waals surface area (Å²) in [5, 5.41) is 0. The minimum Gasteiger partial charge on any atom is -0.294 e. The van der Waals surface area contributed by atoms with Crippen LogP contribution in [0.5, 0.6) is 0 Å². The van der Waals surface area contributed by atoms with Crippen LogP contribution in [0.1, 0.15) is 49.9 Å². The molecular formula is C14H19FO. The second kappa shape index (κ2) is 6.41. The number of carbonyl (C=O) groups is 1. The van der Waals surface area contributed by atoms with Crippen molar-refractivity contribution in [1.82, 2.24) is 0 Å². The number of hydrogen-bond acceptors (Lipinski definition) is 1. The van der Waals surface area contributed by atoms with Crippen LogP contribution in [0.2, 0.25) is 0 Å². The first kappa shape index (κ1) is 12.9. The Morgan fingerprint density at radius 3 is 2.69 bits per heavy atom. The summed E-state index contributed by atoms with van der Waals surface area (Å²) in [5.74, 6) is -0.214. The van der Waals surface area contributed by atoms with E-state index in [-0.39, 0.29) is 17.5 Å². The summed E-state index contributed by atoms with van der Waals surface area (Å²) in [4.78, 5) is 12.1. The molecule has 1 nitrogen and oxygen atoms in total. The molecule has 2 heteroatoms. The van der Waals surface area contributed by atoms with Crippen LogP contribution in [0.25, 0.3) is 0 Å². The fraction of sp³-hybridized carbons (Fsp3) is 0.500. The molecule has 0 aromatic heterocycles. The van der Waals surface area contributed by atoms with Crippen LogP contribution >= 0.6 is 0 Å². The van der Waals surface area contributed by atoms with E-state index >= 15 is 0 Å². The highest BCUT2D eigenvalue weighted by atomic mass is 19.1. The summed E-state index contributed by atoms with van der Waals surface area (Å²) < 4.78 is 13.0. The number of Topliss-reactive ketones (excluding diaryl/α,β-unsaturated/α-hetero) is 1. The molecule has 1 rings (SSSR count). The Balaban J connectivity index is 2.74. The molecule has 0 N–H and O–H groups in total. The summed E-state index contributed by atoms with van der Waals surface area (Å²) in [6.07, 6.45) is 3.88. The van der Waals surface area contributed by atoms with Crippen LogP contribution in [0.15, 0.2) is 24.3 Å². The van der Waals surface area contributed by atoms with Gasteiger partial charge in [0.05, 0.1) is 0 Å². The van der Waals surface area contributed by atoms with Gasteiger partial charge in [0.2, 0.25) is 0 Å². The van der Waals surface area contributed by atoms with Gasteiger partial charge in [-0.15, -0.1) is 0 Å². The molecule has 1 atom stereocenters. The zero-order valence-electron chi connectivity index (χ0n) is 10.0. The number of hydrogen-bond donors (Lipinski definition) is 0. The average Bonchev–Trinajstić information content (AvgIpc) is 2.29. The third kappa shape index (κ3) is 3.44. The van der Waals surface area contributed by atoms with Gasteiger partial charge in [0.1, 0.15) is 5.82 Å². The maximum Gasteiger partial charge on any atom is 0.166 e. The van der Waals surface area contributed by atoms with E-state index in [0.29, 0.717) is 5.56 Å². The van der Waals surface area contributed by atoms with Crippen molar-refractivity contribution in [2.24, 2.45) is 5.92 Å². The second-order valence-electron chi connectivity index (χ2n) is 4.12. The van der Waals surface area contributed by atoms with Crippen LogP contribution < -0.4 is 0 Å². The molecule has 0 saturated carbocycles. The highest BCUT2D eigenvalue weighted by molar-refractivity contribution is 5.97. The molecule has 0 amide bonds. The third-order valence-electron chi connectivity index (χ3n) is 2.88. The smallest absolute Gasteiger partial charge is 0.166 e. The highest BCUT2D eigenvalue weighted by Gasteiger charge is 2.17. The molecule has 1 aromatic carbocycles. The number of rotatable bonds is 6. The molecule has 16 heavy (non-hydrogen) atoms. The van der Waals surface area contributed by atoms with Gasteiger partial charge in [-0.05, 0) is 25.0 Å². The van der Waals surface area contributed by atoms with Gasteiger partial charge in [0, 0.05) is 11.5 Å². The number of halogens is 1. The van der Waals surface area contributed by atoms with E-state index < -0.39 is 0 Å². The molecule has 0 fully saturated rings. The van der Waals surface area contributed by atoms with E-state index in [1.165, 1.54) is 12.1 Å². The minimum absolute atomic E-state index is 0.0433. The summed E-state index contributed by atoms with van der Waals surface area (Å²) in [6.45, 7) is 4.12. The normalized spacial score (nSPS) is 12.4. The zero-order chi connectivity index (χ0) is 12.0. The maximum absolute atomic E-state index is 13.0. The van der Waals surface area contributed by atoms with Gasteiger partial charge < -0.3 is 0 Å². The molecule has 0 heterocycles.